The fourth-order valence-corrected chi connectivity index (χ4v) is 13.2. The van der Waals surface area contributed by atoms with Crippen LogP contribution in [0.2, 0.25) is 0 Å². The van der Waals surface area contributed by atoms with Crippen LogP contribution in [0.3, 0.4) is 0 Å². The molecule has 0 saturated heterocycles. The van der Waals surface area contributed by atoms with E-state index in [4.69, 9.17) is 40.1 Å². The van der Waals surface area contributed by atoms with Crippen molar-refractivity contribution in [2.24, 2.45) is 40.1 Å². The van der Waals surface area contributed by atoms with Gasteiger partial charge in [-0.1, -0.05) is 122 Å². The van der Waals surface area contributed by atoms with Crippen molar-refractivity contribution < 1.29 is 43.2 Å². The minimum atomic E-state index is -1.52. The predicted octanol–water partition coefficient (Wildman–Crippen LogP) is 3.33. The summed E-state index contributed by atoms with van der Waals surface area (Å²) >= 11 is 0. The standard InChI is InChI=1S/C78H106N18O9/c79-38-18-13-30-57(84)71(98)90-62(35-15-20-40-81)73(100)94-67(45-53-48-88-60-33-12-9-29-56(53)60)77(104)96-69(68(49-23-3-1-4-24-49)50-25-5-2-6-26-50)78(105)92-64(37-17-22-42-83)72(99)91-63(36-16-21-41-82)74(101)93-66(44-52-47-87-59-32-11-8-28-55(52)59)76(103)95-65(43-51-46-86-58-31-10-7-27-54(51)58)75(102)89-61(70(85)97)34-14-19-39-80/h1-12,23-29,31-33,46-48,57,61-69,86-88H,13-22,30,34-45,79-84H2,(H2,85,97)(H,89,102)(H,90,98)(H,91,99)(H,92,105)(H,93,101)(H,94,100)(H,95,103)(H,96,104)/t57-,61-,62-,63-,64-,65-,66-,67-,69?/m0/s1. The van der Waals surface area contributed by atoms with Crippen LogP contribution in [0.1, 0.15) is 130 Å². The van der Waals surface area contributed by atoms with E-state index in [1.165, 1.54) is 0 Å². The van der Waals surface area contributed by atoms with E-state index < -0.39 is 113 Å². The van der Waals surface area contributed by atoms with Crippen LogP contribution in [-0.4, -0.2) is 155 Å². The number of amides is 9. The third-order valence-corrected chi connectivity index (χ3v) is 19.1. The van der Waals surface area contributed by atoms with Gasteiger partial charge >= 0.3 is 0 Å². The average Bonchev–Trinajstić information content (AvgIpc) is 1.70. The van der Waals surface area contributed by atoms with Crippen LogP contribution in [0, 0.1) is 0 Å². The number of hydrogen-bond donors (Lipinski definition) is 18. The van der Waals surface area contributed by atoms with E-state index in [9.17, 15) is 19.2 Å². The smallest absolute Gasteiger partial charge is 0.244 e. The van der Waals surface area contributed by atoms with Gasteiger partial charge in [-0.3, -0.25) is 43.2 Å². The third kappa shape index (κ3) is 23.6. The lowest BCUT2D eigenvalue weighted by Gasteiger charge is -2.32. The summed E-state index contributed by atoms with van der Waals surface area (Å²) in [5, 5.41) is 25.7. The average molecular weight is 1440 g/mol. The highest BCUT2D eigenvalue weighted by atomic mass is 16.2. The molecular formula is C78H106N18O9. The summed E-state index contributed by atoms with van der Waals surface area (Å²) in [6.45, 7) is 1.59. The largest absolute Gasteiger partial charge is 0.368 e. The molecule has 9 atom stereocenters. The number of unbranched alkanes of at least 4 members (excludes halogenated alkanes) is 5. The summed E-state index contributed by atoms with van der Waals surface area (Å²) < 4.78 is 0. The number of aromatic nitrogens is 3. The molecule has 0 spiro atoms. The highest BCUT2D eigenvalue weighted by Gasteiger charge is 2.39. The Morgan fingerprint density at radius 1 is 0.305 bits per heavy atom. The number of fused-ring (bicyclic) bond motifs is 3. The number of hydrogen-bond acceptors (Lipinski definition) is 15. The van der Waals surface area contributed by atoms with Crippen LogP contribution in [-0.2, 0) is 62.4 Å². The molecule has 562 valence electrons. The van der Waals surface area contributed by atoms with E-state index in [0.29, 0.717) is 118 Å². The lowest BCUT2D eigenvalue weighted by molar-refractivity contribution is -0.136. The molecule has 9 amide bonds. The number of primary amides is 1. The summed E-state index contributed by atoms with van der Waals surface area (Å²) in [6, 6.07) is 28.9. The number of nitrogens with two attached hydrogens (primary N) is 7. The third-order valence-electron chi connectivity index (χ3n) is 19.1. The highest BCUT2D eigenvalue weighted by Crippen LogP contribution is 2.30. The van der Waals surface area contributed by atoms with E-state index in [-0.39, 0.29) is 58.0 Å². The van der Waals surface area contributed by atoms with Gasteiger partial charge < -0.3 is 97.6 Å². The second-order valence-corrected chi connectivity index (χ2v) is 26.8. The van der Waals surface area contributed by atoms with E-state index >= 15 is 24.0 Å². The number of nitrogens with one attached hydrogen (secondary N) is 11. The van der Waals surface area contributed by atoms with Gasteiger partial charge in [-0.05, 0) is 169 Å². The van der Waals surface area contributed by atoms with Gasteiger partial charge in [0.05, 0.1) is 6.04 Å². The first-order valence-corrected chi connectivity index (χ1v) is 36.7. The maximum atomic E-state index is 15.9. The maximum Gasteiger partial charge on any atom is 0.244 e. The van der Waals surface area contributed by atoms with Gasteiger partial charge in [0.2, 0.25) is 53.2 Å². The molecule has 0 radical (unpaired) electrons. The molecule has 27 heteroatoms. The Kier molecular flexibility index (Phi) is 32.1. The molecule has 0 aliphatic carbocycles. The lowest BCUT2D eigenvalue weighted by atomic mass is 9.84. The Hall–Kier alpha value is -10.3. The zero-order chi connectivity index (χ0) is 75.0. The SMILES string of the molecule is NCCCC[C@H](NC(=O)[C@H](Cc1c[nH]c2ccccc12)NC(=O)[C@H](Cc1c[nH]c2ccccc12)NC(=O)[C@H](CCCCN)NC(=O)[C@H](CCCCN)NC(=O)C(NC(=O)[C@H](Cc1c[nH]c2ccccc12)NC(=O)[C@H](CCCCN)NC(=O)[C@@H](N)CCCCN)C(c1ccccc1)c1ccccc1)C(N)=O. The Morgan fingerprint density at radius 2 is 0.581 bits per heavy atom. The normalized spacial score (nSPS) is 14.0. The van der Waals surface area contributed by atoms with Crippen molar-refractivity contribution in [3.63, 3.8) is 0 Å². The van der Waals surface area contributed by atoms with Crippen LogP contribution in [0.4, 0.5) is 0 Å². The number of benzene rings is 5. The van der Waals surface area contributed by atoms with Crippen molar-refractivity contribution in [2.75, 3.05) is 32.7 Å². The van der Waals surface area contributed by atoms with E-state index in [1.807, 2.05) is 109 Å². The fourth-order valence-electron chi connectivity index (χ4n) is 13.2. The number of para-hydroxylation sites is 3. The van der Waals surface area contributed by atoms with Crippen molar-refractivity contribution >= 4 is 85.9 Å². The predicted molar refractivity (Wildman–Crippen MR) is 408 cm³/mol. The summed E-state index contributed by atoms with van der Waals surface area (Å²) in [6.07, 6.45) is 10.5. The first-order valence-electron chi connectivity index (χ1n) is 36.7. The number of H-pyrrole nitrogens is 3. The van der Waals surface area contributed by atoms with Gasteiger partial charge in [0, 0.05) is 76.5 Å². The zero-order valence-corrected chi connectivity index (χ0v) is 59.7. The molecule has 0 aliphatic rings. The topological polar surface area (TPSA) is 479 Å². The number of carbonyl (C=O) groups is 9. The van der Waals surface area contributed by atoms with Crippen molar-refractivity contribution in [3.05, 3.63) is 180 Å². The summed E-state index contributed by atoms with van der Waals surface area (Å²) in [7, 11) is 0. The lowest BCUT2D eigenvalue weighted by Crippen LogP contribution is -2.61. The molecule has 0 saturated carbocycles. The van der Waals surface area contributed by atoms with Gasteiger partial charge in [0.25, 0.3) is 0 Å². The number of aromatic amines is 3. The molecule has 8 rings (SSSR count). The van der Waals surface area contributed by atoms with Gasteiger partial charge in [-0.25, -0.2) is 0 Å². The quantitative estimate of drug-likeness (QED) is 0.0243. The molecular weight excluding hydrogens is 1330 g/mol. The molecule has 0 fully saturated rings. The van der Waals surface area contributed by atoms with E-state index in [1.54, 1.807) is 42.9 Å². The summed E-state index contributed by atoms with van der Waals surface area (Å²) in [4.78, 5) is 143. The van der Waals surface area contributed by atoms with Gasteiger partial charge in [0.1, 0.15) is 48.3 Å². The number of rotatable bonds is 46. The molecule has 5 aromatic carbocycles. The van der Waals surface area contributed by atoms with Crippen molar-refractivity contribution in [1.29, 1.82) is 0 Å². The Labute approximate surface area is 612 Å². The fraction of sp³-hybridized carbons (Fsp3) is 0.423. The van der Waals surface area contributed by atoms with E-state index in [0.717, 1.165) is 32.7 Å². The molecule has 25 N–H and O–H groups in total. The van der Waals surface area contributed by atoms with Crippen LogP contribution in [0.25, 0.3) is 32.7 Å². The summed E-state index contributed by atoms with van der Waals surface area (Å²) in [5.41, 5.74) is 47.2. The minimum absolute atomic E-state index is 0.0101. The van der Waals surface area contributed by atoms with Crippen LogP contribution < -0.4 is 82.7 Å². The molecule has 1 unspecified atom stereocenters. The van der Waals surface area contributed by atoms with Crippen LogP contribution in [0.5, 0.6) is 0 Å². The first kappa shape index (κ1) is 80.4. The zero-order valence-electron chi connectivity index (χ0n) is 59.7. The van der Waals surface area contributed by atoms with Crippen molar-refractivity contribution in [3.8, 4) is 0 Å². The van der Waals surface area contributed by atoms with Crippen molar-refractivity contribution in [1.82, 2.24) is 57.5 Å². The number of carbonyl (C=O) groups excluding carboxylic acids is 9. The van der Waals surface area contributed by atoms with E-state index in [2.05, 4.69) is 57.5 Å². The molecule has 0 bridgehead atoms. The first-order chi connectivity index (χ1) is 50.9. The Bertz CT molecular complexity index is 4070. The Morgan fingerprint density at radius 3 is 0.933 bits per heavy atom. The van der Waals surface area contributed by atoms with Crippen molar-refractivity contribution in [2.45, 2.75) is 176 Å². The Balaban J connectivity index is 1.13. The van der Waals surface area contributed by atoms with Gasteiger partial charge in [-0.2, -0.15) is 0 Å². The highest BCUT2D eigenvalue weighted by molar-refractivity contribution is 6.00. The molecule has 0 aliphatic heterocycles. The molecule has 8 aromatic rings. The molecule has 3 aromatic heterocycles. The second kappa shape index (κ2) is 41.9. The van der Waals surface area contributed by atoms with Crippen LogP contribution >= 0.6 is 0 Å². The van der Waals surface area contributed by atoms with Crippen LogP contribution in [0.15, 0.2) is 152 Å². The van der Waals surface area contributed by atoms with Gasteiger partial charge in [0.15, 0.2) is 0 Å². The molecule has 27 nitrogen and oxygen atoms in total. The molecule has 105 heavy (non-hydrogen) atoms. The molecule has 3 heterocycles. The minimum Gasteiger partial charge on any atom is -0.368 e. The van der Waals surface area contributed by atoms with Gasteiger partial charge in [-0.15, -0.1) is 0 Å². The monoisotopic (exact) mass is 1440 g/mol. The second-order valence-electron chi connectivity index (χ2n) is 26.8. The maximum absolute atomic E-state index is 15.9. The summed E-state index contributed by atoms with van der Waals surface area (Å²) in [5.74, 6) is -7.53.